The summed E-state index contributed by atoms with van der Waals surface area (Å²) >= 11 is 1.48. The summed E-state index contributed by atoms with van der Waals surface area (Å²) in [6, 6.07) is 11.7. The minimum Gasteiger partial charge on any atom is -0.454 e. The Morgan fingerprint density at radius 1 is 1.22 bits per heavy atom. The fourth-order valence-corrected chi connectivity index (χ4v) is 3.05. The van der Waals surface area contributed by atoms with Crippen LogP contribution in [-0.2, 0) is 27.3 Å². The first kappa shape index (κ1) is 18.7. The standard InChI is InChI=1S/C18H19N5O3S/c1-13-5-2-3-6-14(13)8-9-19-16(24)12-26-17(25)11-23-21-18(20-22-23)15-7-4-10-27-15/h2-7,10H,8-9,11-12H2,1H3,(H,19,24). The van der Waals surface area contributed by atoms with E-state index in [0.717, 1.165) is 16.1 Å². The van der Waals surface area contributed by atoms with Crippen LogP contribution in [0.25, 0.3) is 10.7 Å². The lowest BCUT2D eigenvalue weighted by atomic mass is 10.1. The molecule has 1 amide bonds. The molecule has 0 saturated heterocycles. The van der Waals surface area contributed by atoms with Crippen molar-refractivity contribution >= 4 is 23.2 Å². The Hall–Kier alpha value is -3.07. The zero-order valence-electron chi connectivity index (χ0n) is 14.8. The highest BCUT2D eigenvalue weighted by Crippen LogP contribution is 2.19. The largest absolute Gasteiger partial charge is 0.454 e. The summed E-state index contributed by atoms with van der Waals surface area (Å²) in [6.07, 6.45) is 0.723. The first-order valence-electron chi connectivity index (χ1n) is 8.40. The number of hydrogen-bond acceptors (Lipinski definition) is 7. The van der Waals surface area contributed by atoms with E-state index < -0.39 is 5.97 Å². The molecule has 0 spiro atoms. The van der Waals surface area contributed by atoms with Gasteiger partial charge in [-0.05, 0) is 41.1 Å². The molecule has 2 heterocycles. The third kappa shape index (κ3) is 5.45. The predicted molar refractivity (Wildman–Crippen MR) is 100.0 cm³/mol. The van der Waals surface area contributed by atoms with Gasteiger partial charge in [-0.2, -0.15) is 4.80 Å². The minimum atomic E-state index is -0.598. The monoisotopic (exact) mass is 385 g/mol. The van der Waals surface area contributed by atoms with Crippen molar-refractivity contribution in [2.24, 2.45) is 0 Å². The number of nitrogens with zero attached hydrogens (tertiary/aromatic N) is 4. The summed E-state index contributed by atoms with van der Waals surface area (Å²) in [5.41, 5.74) is 2.36. The van der Waals surface area contributed by atoms with Gasteiger partial charge in [-0.25, -0.2) is 4.79 Å². The number of carbonyl (C=O) groups is 2. The molecule has 3 rings (SSSR count). The van der Waals surface area contributed by atoms with Crippen LogP contribution in [0.2, 0.25) is 0 Å². The quantitative estimate of drug-likeness (QED) is 0.592. The summed E-state index contributed by atoms with van der Waals surface area (Å²) in [6.45, 7) is 1.98. The number of amides is 1. The van der Waals surface area contributed by atoms with Crippen LogP contribution in [0.4, 0.5) is 0 Å². The van der Waals surface area contributed by atoms with Gasteiger partial charge in [0.2, 0.25) is 5.82 Å². The zero-order chi connectivity index (χ0) is 19.1. The lowest BCUT2D eigenvalue weighted by molar-refractivity contribution is -0.149. The summed E-state index contributed by atoms with van der Waals surface area (Å²) in [4.78, 5) is 25.6. The number of hydrogen-bond donors (Lipinski definition) is 1. The van der Waals surface area contributed by atoms with Crippen molar-refractivity contribution in [2.45, 2.75) is 19.9 Å². The molecule has 140 valence electrons. The molecule has 1 N–H and O–H groups in total. The van der Waals surface area contributed by atoms with Gasteiger partial charge >= 0.3 is 5.97 Å². The Balaban J connectivity index is 1.37. The second-order valence-corrected chi connectivity index (χ2v) is 6.76. The van der Waals surface area contributed by atoms with Crippen LogP contribution in [0.1, 0.15) is 11.1 Å². The van der Waals surface area contributed by atoms with Crippen LogP contribution in [0.3, 0.4) is 0 Å². The second-order valence-electron chi connectivity index (χ2n) is 5.81. The number of nitrogens with one attached hydrogen (secondary N) is 1. The molecule has 3 aromatic rings. The van der Waals surface area contributed by atoms with E-state index >= 15 is 0 Å². The van der Waals surface area contributed by atoms with Crippen LogP contribution in [0, 0.1) is 6.92 Å². The second kappa shape index (κ2) is 9.04. The smallest absolute Gasteiger partial charge is 0.330 e. The van der Waals surface area contributed by atoms with Crippen LogP contribution in [0.5, 0.6) is 0 Å². The average molecular weight is 385 g/mol. The van der Waals surface area contributed by atoms with Gasteiger partial charge in [-0.15, -0.1) is 21.5 Å². The molecule has 9 heteroatoms. The average Bonchev–Trinajstić information content (AvgIpc) is 3.33. The Morgan fingerprint density at radius 2 is 2.07 bits per heavy atom. The third-order valence-electron chi connectivity index (χ3n) is 3.81. The maximum atomic E-state index is 11.8. The van der Waals surface area contributed by atoms with E-state index in [2.05, 4.69) is 20.7 Å². The maximum Gasteiger partial charge on any atom is 0.330 e. The van der Waals surface area contributed by atoms with Crippen molar-refractivity contribution in [1.29, 1.82) is 0 Å². The molecule has 8 nitrogen and oxygen atoms in total. The number of thiophene rings is 1. The number of carbonyl (C=O) groups excluding carboxylic acids is 2. The molecule has 1 aromatic carbocycles. The summed E-state index contributed by atoms with van der Waals surface area (Å²) < 4.78 is 4.96. The van der Waals surface area contributed by atoms with Crippen molar-refractivity contribution < 1.29 is 14.3 Å². The molecular weight excluding hydrogens is 366 g/mol. The number of ether oxygens (including phenoxy) is 1. The maximum absolute atomic E-state index is 11.8. The molecule has 0 saturated carbocycles. The zero-order valence-corrected chi connectivity index (χ0v) is 15.6. The number of benzene rings is 1. The van der Waals surface area contributed by atoms with Gasteiger partial charge in [0.05, 0.1) is 4.88 Å². The summed E-state index contributed by atoms with van der Waals surface area (Å²) in [5.74, 6) is -0.492. The lowest BCUT2D eigenvalue weighted by Gasteiger charge is -2.08. The van der Waals surface area contributed by atoms with Gasteiger partial charge in [-0.1, -0.05) is 30.3 Å². The van der Waals surface area contributed by atoms with Crippen molar-refractivity contribution in [2.75, 3.05) is 13.2 Å². The van der Waals surface area contributed by atoms with E-state index in [1.54, 1.807) is 0 Å². The van der Waals surface area contributed by atoms with Crippen LogP contribution >= 0.6 is 11.3 Å². The number of rotatable bonds is 8. The van der Waals surface area contributed by atoms with Gasteiger partial charge in [0.15, 0.2) is 13.2 Å². The first-order chi connectivity index (χ1) is 13.1. The number of aromatic nitrogens is 4. The fourth-order valence-electron chi connectivity index (χ4n) is 2.40. The van der Waals surface area contributed by atoms with Gasteiger partial charge in [-0.3, -0.25) is 4.79 Å². The minimum absolute atomic E-state index is 0.200. The number of esters is 1. The highest BCUT2D eigenvalue weighted by atomic mass is 32.1. The molecular formula is C18H19N5O3S. The van der Waals surface area contributed by atoms with E-state index in [1.807, 2.05) is 48.7 Å². The first-order valence-corrected chi connectivity index (χ1v) is 9.28. The Labute approximate surface area is 160 Å². The Bertz CT molecular complexity index is 907. The molecule has 0 fully saturated rings. The van der Waals surface area contributed by atoms with Crippen molar-refractivity contribution in [3.05, 3.63) is 52.9 Å². The Kier molecular flexibility index (Phi) is 6.26. The van der Waals surface area contributed by atoms with E-state index in [-0.39, 0.29) is 19.1 Å². The summed E-state index contributed by atoms with van der Waals surface area (Å²) in [7, 11) is 0. The summed E-state index contributed by atoms with van der Waals surface area (Å²) in [5, 5.41) is 16.5. The van der Waals surface area contributed by atoms with Gasteiger partial charge < -0.3 is 10.1 Å². The molecule has 0 bridgehead atoms. The molecule has 0 atom stereocenters. The van der Waals surface area contributed by atoms with E-state index in [1.165, 1.54) is 22.5 Å². The van der Waals surface area contributed by atoms with E-state index in [4.69, 9.17) is 4.74 Å². The van der Waals surface area contributed by atoms with Crippen LogP contribution in [0.15, 0.2) is 41.8 Å². The molecule has 0 radical (unpaired) electrons. The van der Waals surface area contributed by atoms with Crippen molar-refractivity contribution in [3.63, 3.8) is 0 Å². The molecule has 0 aliphatic carbocycles. The molecule has 2 aromatic heterocycles. The van der Waals surface area contributed by atoms with Gasteiger partial charge in [0, 0.05) is 6.54 Å². The molecule has 0 aliphatic rings. The SMILES string of the molecule is Cc1ccccc1CCNC(=O)COC(=O)Cn1nnc(-c2cccs2)n1. The third-order valence-corrected chi connectivity index (χ3v) is 4.67. The number of aryl methyl sites for hydroxylation is 1. The molecule has 0 aliphatic heterocycles. The number of tetrazole rings is 1. The van der Waals surface area contributed by atoms with E-state index in [0.29, 0.717) is 12.4 Å². The van der Waals surface area contributed by atoms with Gasteiger partial charge in [0.25, 0.3) is 5.91 Å². The van der Waals surface area contributed by atoms with Gasteiger partial charge in [0.1, 0.15) is 0 Å². The highest BCUT2D eigenvalue weighted by molar-refractivity contribution is 7.13. The van der Waals surface area contributed by atoms with Crippen molar-refractivity contribution in [3.8, 4) is 10.7 Å². The molecule has 27 heavy (non-hydrogen) atoms. The van der Waals surface area contributed by atoms with E-state index in [9.17, 15) is 9.59 Å². The molecule has 0 unspecified atom stereocenters. The Morgan fingerprint density at radius 3 is 2.85 bits per heavy atom. The normalized spacial score (nSPS) is 10.6. The van der Waals surface area contributed by atoms with Crippen LogP contribution in [-0.4, -0.2) is 45.2 Å². The topological polar surface area (TPSA) is 99.0 Å². The predicted octanol–water partition coefficient (Wildman–Crippen LogP) is 1.61. The van der Waals surface area contributed by atoms with Crippen molar-refractivity contribution in [1.82, 2.24) is 25.5 Å². The lowest BCUT2D eigenvalue weighted by Crippen LogP contribution is -2.31. The van der Waals surface area contributed by atoms with Crippen LogP contribution < -0.4 is 5.32 Å². The fraction of sp³-hybridized carbons (Fsp3) is 0.278. The highest BCUT2D eigenvalue weighted by Gasteiger charge is 2.12.